The highest BCUT2D eigenvalue weighted by molar-refractivity contribution is 4.84. The van der Waals surface area contributed by atoms with Gasteiger partial charge in [0.2, 0.25) is 0 Å². The van der Waals surface area contributed by atoms with Gasteiger partial charge in [-0.15, -0.1) is 0 Å². The maximum Gasteiger partial charge on any atom is 0.0612 e. The van der Waals surface area contributed by atoms with Crippen LogP contribution in [0.4, 0.5) is 0 Å². The Hall–Kier alpha value is -0.0800. The first-order valence-electron chi connectivity index (χ1n) is 8.04. The van der Waals surface area contributed by atoms with Crippen LogP contribution in [0, 0.1) is 11.8 Å². The van der Waals surface area contributed by atoms with E-state index in [4.69, 9.17) is 4.74 Å². The molecule has 2 fully saturated rings. The summed E-state index contributed by atoms with van der Waals surface area (Å²) in [6, 6.07) is 1.44. The van der Waals surface area contributed by atoms with Crippen molar-refractivity contribution in [3.63, 3.8) is 0 Å². The van der Waals surface area contributed by atoms with Crippen molar-refractivity contribution in [1.82, 2.24) is 5.32 Å². The van der Waals surface area contributed by atoms with E-state index in [0.29, 0.717) is 18.1 Å². The average Bonchev–Trinajstić information content (AvgIpc) is 2.55. The molecule has 0 radical (unpaired) electrons. The molecule has 4 unspecified atom stereocenters. The van der Waals surface area contributed by atoms with Crippen LogP contribution in [0.1, 0.15) is 65.7 Å². The Balaban J connectivity index is 1.83. The van der Waals surface area contributed by atoms with E-state index in [9.17, 15) is 0 Å². The molecule has 2 rings (SSSR count). The zero-order valence-corrected chi connectivity index (χ0v) is 12.5. The summed E-state index contributed by atoms with van der Waals surface area (Å²) in [6.07, 6.45) is 9.95. The lowest BCUT2D eigenvalue weighted by Crippen LogP contribution is -2.47. The minimum absolute atomic E-state index is 0.470. The van der Waals surface area contributed by atoms with E-state index in [1.807, 2.05) is 0 Å². The lowest BCUT2D eigenvalue weighted by molar-refractivity contribution is -0.0269. The molecule has 1 aliphatic carbocycles. The van der Waals surface area contributed by atoms with E-state index in [-0.39, 0.29) is 0 Å². The summed E-state index contributed by atoms with van der Waals surface area (Å²) in [4.78, 5) is 0. The van der Waals surface area contributed by atoms with Gasteiger partial charge in [0, 0.05) is 18.7 Å². The maximum absolute atomic E-state index is 5.87. The predicted molar refractivity (Wildman–Crippen MR) is 76.8 cm³/mol. The quantitative estimate of drug-likeness (QED) is 0.774. The van der Waals surface area contributed by atoms with Crippen molar-refractivity contribution in [2.45, 2.75) is 83.9 Å². The third-order valence-corrected chi connectivity index (χ3v) is 4.87. The smallest absolute Gasteiger partial charge is 0.0612 e. The third-order valence-electron chi connectivity index (χ3n) is 4.87. The molecule has 1 aliphatic heterocycles. The molecule has 0 spiro atoms. The Labute approximate surface area is 113 Å². The molecule has 0 aromatic rings. The van der Waals surface area contributed by atoms with Gasteiger partial charge in [-0.2, -0.15) is 0 Å². The second-order valence-electron chi connectivity index (χ2n) is 6.76. The fraction of sp³-hybridized carbons (Fsp3) is 1.00. The second kappa shape index (κ2) is 6.91. The lowest BCUT2D eigenvalue weighted by atomic mass is 9.91. The van der Waals surface area contributed by atoms with E-state index in [2.05, 4.69) is 26.1 Å². The minimum atomic E-state index is 0.470. The Kier molecular flexibility index (Phi) is 5.50. The van der Waals surface area contributed by atoms with Gasteiger partial charge in [-0.25, -0.2) is 0 Å². The van der Waals surface area contributed by atoms with E-state index in [0.717, 1.165) is 18.6 Å². The molecule has 0 bridgehead atoms. The topological polar surface area (TPSA) is 21.3 Å². The van der Waals surface area contributed by atoms with E-state index < -0.39 is 0 Å². The first kappa shape index (κ1) is 14.3. The Morgan fingerprint density at radius 2 is 1.83 bits per heavy atom. The van der Waals surface area contributed by atoms with Crippen LogP contribution in [-0.2, 0) is 4.74 Å². The molecule has 1 saturated heterocycles. The molecule has 1 saturated carbocycles. The van der Waals surface area contributed by atoms with Crippen molar-refractivity contribution < 1.29 is 4.74 Å². The highest BCUT2D eigenvalue weighted by atomic mass is 16.5. The molecule has 2 heteroatoms. The normalized spacial score (nSPS) is 38.7. The number of hydrogen-bond donors (Lipinski definition) is 1. The number of nitrogens with one attached hydrogen (secondary N) is 1. The van der Waals surface area contributed by atoms with Crippen LogP contribution in [0.5, 0.6) is 0 Å². The summed E-state index contributed by atoms with van der Waals surface area (Å²) in [5.74, 6) is 1.51. The fourth-order valence-corrected chi connectivity index (χ4v) is 3.49. The van der Waals surface area contributed by atoms with Crippen molar-refractivity contribution >= 4 is 0 Å². The summed E-state index contributed by atoms with van der Waals surface area (Å²) < 4.78 is 5.87. The fourth-order valence-electron chi connectivity index (χ4n) is 3.49. The van der Waals surface area contributed by atoms with E-state index in [1.54, 1.807) is 0 Å². The molecule has 18 heavy (non-hydrogen) atoms. The summed E-state index contributed by atoms with van der Waals surface area (Å²) in [6.45, 7) is 7.94. The van der Waals surface area contributed by atoms with Crippen LogP contribution in [0.3, 0.4) is 0 Å². The molecule has 1 N–H and O–H groups in total. The van der Waals surface area contributed by atoms with Gasteiger partial charge in [0.05, 0.1) is 6.10 Å². The Morgan fingerprint density at radius 3 is 2.61 bits per heavy atom. The Bertz CT molecular complexity index is 241. The summed E-state index contributed by atoms with van der Waals surface area (Å²) in [5.41, 5.74) is 0. The largest absolute Gasteiger partial charge is 0.378 e. The van der Waals surface area contributed by atoms with Gasteiger partial charge < -0.3 is 10.1 Å². The van der Waals surface area contributed by atoms with Crippen molar-refractivity contribution in [2.24, 2.45) is 11.8 Å². The molecule has 4 atom stereocenters. The average molecular weight is 253 g/mol. The molecule has 1 heterocycles. The van der Waals surface area contributed by atoms with Gasteiger partial charge in [0.25, 0.3) is 0 Å². The SMILES string of the molecule is CC(C)C1CC(NC2CCCCCC2C)CCO1. The standard InChI is InChI=1S/C16H31NO/c1-12(2)16-11-14(9-10-18-16)17-15-8-6-4-5-7-13(15)3/h12-17H,4-11H2,1-3H3. The van der Waals surface area contributed by atoms with Crippen LogP contribution in [-0.4, -0.2) is 24.8 Å². The van der Waals surface area contributed by atoms with Gasteiger partial charge in [-0.3, -0.25) is 0 Å². The molecule has 0 amide bonds. The molecule has 0 aromatic carbocycles. The van der Waals surface area contributed by atoms with Crippen LogP contribution in [0.2, 0.25) is 0 Å². The second-order valence-corrected chi connectivity index (χ2v) is 6.76. The number of hydrogen-bond acceptors (Lipinski definition) is 2. The first-order valence-corrected chi connectivity index (χ1v) is 8.04. The zero-order chi connectivity index (χ0) is 13.0. The molecule has 2 nitrogen and oxygen atoms in total. The van der Waals surface area contributed by atoms with E-state index >= 15 is 0 Å². The van der Waals surface area contributed by atoms with Gasteiger partial charge in [-0.1, -0.05) is 40.0 Å². The van der Waals surface area contributed by atoms with Gasteiger partial charge in [0.15, 0.2) is 0 Å². The maximum atomic E-state index is 5.87. The molecule has 106 valence electrons. The van der Waals surface area contributed by atoms with Crippen LogP contribution in [0.15, 0.2) is 0 Å². The molecular weight excluding hydrogens is 222 g/mol. The lowest BCUT2D eigenvalue weighted by Gasteiger charge is -2.36. The summed E-state index contributed by atoms with van der Waals surface area (Å²) >= 11 is 0. The summed E-state index contributed by atoms with van der Waals surface area (Å²) in [7, 11) is 0. The van der Waals surface area contributed by atoms with E-state index in [1.165, 1.54) is 44.9 Å². The van der Waals surface area contributed by atoms with Gasteiger partial charge >= 0.3 is 0 Å². The zero-order valence-electron chi connectivity index (χ0n) is 12.5. The van der Waals surface area contributed by atoms with Gasteiger partial charge in [0.1, 0.15) is 0 Å². The first-order chi connectivity index (χ1) is 8.66. The molecular formula is C16H31NO. The number of rotatable bonds is 3. The third kappa shape index (κ3) is 3.96. The minimum Gasteiger partial charge on any atom is -0.378 e. The van der Waals surface area contributed by atoms with Gasteiger partial charge in [-0.05, 0) is 37.5 Å². The highest BCUT2D eigenvalue weighted by Crippen LogP contribution is 2.26. The Morgan fingerprint density at radius 1 is 1.06 bits per heavy atom. The van der Waals surface area contributed by atoms with Crippen molar-refractivity contribution in [1.29, 1.82) is 0 Å². The monoisotopic (exact) mass is 253 g/mol. The highest BCUT2D eigenvalue weighted by Gasteiger charge is 2.28. The predicted octanol–water partition coefficient (Wildman–Crippen LogP) is 3.75. The van der Waals surface area contributed by atoms with Crippen molar-refractivity contribution in [3.05, 3.63) is 0 Å². The molecule has 2 aliphatic rings. The van der Waals surface area contributed by atoms with Crippen LogP contribution in [0.25, 0.3) is 0 Å². The van der Waals surface area contributed by atoms with Crippen LogP contribution < -0.4 is 5.32 Å². The van der Waals surface area contributed by atoms with Crippen molar-refractivity contribution in [2.75, 3.05) is 6.61 Å². The van der Waals surface area contributed by atoms with Crippen LogP contribution >= 0.6 is 0 Å². The van der Waals surface area contributed by atoms with Crippen molar-refractivity contribution in [3.8, 4) is 0 Å². The summed E-state index contributed by atoms with van der Waals surface area (Å²) in [5, 5.41) is 3.95. The molecule has 0 aromatic heterocycles. The number of ether oxygens (including phenoxy) is 1.